The van der Waals surface area contributed by atoms with Crippen LogP contribution in [0.1, 0.15) is 0 Å². The third-order valence-corrected chi connectivity index (χ3v) is 3.35. The Morgan fingerprint density at radius 2 is 1.81 bits per heavy atom. The van der Waals surface area contributed by atoms with Gasteiger partial charge in [0, 0.05) is 5.02 Å². The predicted octanol–water partition coefficient (Wildman–Crippen LogP) is 2.61. The molecule has 5 nitrogen and oxygen atoms in total. The number of benzene rings is 2. The van der Waals surface area contributed by atoms with Crippen LogP contribution >= 0.6 is 11.6 Å². The highest BCUT2D eigenvalue weighted by molar-refractivity contribution is 6.31. The lowest BCUT2D eigenvalue weighted by atomic mass is 10.2. The second kappa shape index (κ2) is 5.10. The second-order valence-electron chi connectivity index (χ2n) is 4.35. The third-order valence-electron chi connectivity index (χ3n) is 3.11. The molecule has 0 radical (unpaired) electrons. The largest absolute Gasteiger partial charge is 0.497 e. The number of hydrogen-bond donors (Lipinski definition) is 0. The fraction of sp³-hybridized carbons (Fsp3) is 0.0667. The Kier molecular flexibility index (Phi) is 3.27. The van der Waals surface area contributed by atoms with Gasteiger partial charge < -0.3 is 9.15 Å². The zero-order valence-corrected chi connectivity index (χ0v) is 11.8. The number of methoxy groups -OCH3 is 1. The zero-order valence-electron chi connectivity index (χ0n) is 11.0. The van der Waals surface area contributed by atoms with Gasteiger partial charge in [0.2, 0.25) is 0 Å². The van der Waals surface area contributed by atoms with Crippen LogP contribution in [0.25, 0.3) is 16.6 Å². The van der Waals surface area contributed by atoms with E-state index in [0.29, 0.717) is 22.0 Å². The number of ether oxygens (including phenoxy) is 1. The van der Waals surface area contributed by atoms with E-state index in [9.17, 15) is 9.59 Å². The van der Waals surface area contributed by atoms with E-state index in [1.165, 1.54) is 10.6 Å². The van der Waals surface area contributed by atoms with Gasteiger partial charge in [-0.15, -0.1) is 0 Å². The van der Waals surface area contributed by atoms with Gasteiger partial charge in [0.25, 0.3) is 0 Å². The monoisotopic (exact) mass is 303 g/mol. The van der Waals surface area contributed by atoms with Crippen molar-refractivity contribution in [3.05, 3.63) is 68.5 Å². The molecule has 0 N–H and O–H groups in total. The minimum atomic E-state index is -0.750. The Morgan fingerprint density at radius 3 is 2.48 bits per heavy atom. The molecule has 106 valence electrons. The van der Waals surface area contributed by atoms with E-state index in [1.54, 1.807) is 43.5 Å². The normalized spacial score (nSPS) is 10.8. The van der Waals surface area contributed by atoms with Crippen molar-refractivity contribution in [3.8, 4) is 11.4 Å². The highest BCUT2D eigenvalue weighted by atomic mass is 35.5. The van der Waals surface area contributed by atoms with Crippen LogP contribution in [0.2, 0.25) is 5.02 Å². The molecule has 3 aromatic rings. The van der Waals surface area contributed by atoms with Crippen molar-refractivity contribution in [2.24, 2.45) is 0 Å². The van der Waals surface area contributed by atoms with Gasteiger partial charge in [-0.3, -0.25) is 0 Å². The quantitative estimate of drug-likeness (QED) is 0.730. The van der Waals surface area contributed by atoms with E-state index in [1.807, 2.05) is 0 Å². The van der Waals surface area contributed by atoms with Crippen LogP contribution in [0, 0.1) is 0 Å². The van der Waals surface area contributed by atoms with E-state index in [2.05, 4.69) is 0 Å². The Hall–Kier alpha value is -2.53. The molecule has 0 amide bonds. The van der Waals surface area contributed by atoms with Gasteiger partial charge in [0.05, 0.1) is 23.7 Å². The maximum Gasteiger partial charge on any atom is 0.426 e. The number of fused-ring (bicyclic) bond motifs is 1. The number of hydrogen-bond acceptors (Lipinski definition) is 4. The maximum atomic E-state index is 12.0. The molecule has 0 aliphatic carbocycles. The minimum absolute atomic E-state index is 0.248. The zero-order chi connectivity index (χ0) is 15.0. The number of aromatic nitrogens is 1. The topological polar surface area (TPSA) is 61.4 Å². The van der Waals surface area contributed by atoms with Crippen molar-refractivity contribution in [1.29, 1.82) is 0 Å². The molecular formula is C15H10ClNO4. The van der Waals surface area contributed by atoms with Crippen molar-refractivity contribution < 1.29 is 9.15 Å². The molecule has 1 heterocycles. The standard InChI is InChI=1S/C15H10ClNO4/c1-20-11-5-3-10(4-6-11)17-13-7-2-9(16)8-12(13)14(18)21-15(17)19/h2-8H,1H3. The number of halogens is 1. The van der Waals surface area contributed by atoms with Crippen molar-refractivity contribution in [2.45, 2.75) is 0 Å². The van der Waals surface area contributed by atoms with Crippen molar-refractivity contribution in [1.82, 2.24) is 4.57 Å². The highest BCUT2D eigenvalue weighted by Crippen LogP contribution is 2.20. The molecule has 6 heteroatoms. The molecule has 0 aliphatic rings. The van der Waals surface area contributed by atoms with E-state index in [4.69, 9.17) is 20.8 Å². The van der Waals surface area contributed by atoms with Gasteiger partial charge in [-0.25, -0.2) is 14.2 Å². The second-order valence-corrected chi connectivity index (χ2v) is 4.79. The van der Waals surface area contributed by atoms with Crippen LogP contribution in [0.5, 0.6) is 5.75 Å². The van der Waals surface area contributed by atoms with Crippen LogP contribution in [-0.2, 0) is 0 Å². The van der Waals surface area contributed by atoms with E-state index in [-0.39, 0.29) is 5.39 Å². The summed E-state index contributed by atoms with van der Waals surface area (Å²) < 4.78 is 11.1. The minimum Gasteiger partial charge on any atom is -0.497 e. The van der Waals surface area contributed by atoms with E-state index >= 15 is 0 Å². The average molecular weight is 304 g/mol. The van der Waals surface area contributed by atoms with Gasteiger partial charge in [0.15, 0.2) is 0 Å². The molecule has 1 aromatic heterocycles. The molecular weight excluding hydrogens is 294 g/mol. The summed E-state index contributed by atoms with van der Waals surface area (Å²) in [4.78, 5) is 23.8. The summed E-state index contributed by atoms with van der Waals surface area (Å²) in [6, 6.07) is 11.5. The Bertz CT molecular complexity index is 925. The highest BCUT2D eigenvalue weighted by Gasteiger charge is 2.11. The van der Waals surface area contributed by atoms with Crippen LogP contribution in [0.3, 0.4) is 0 Å². The number of rotatable bonds is 2. The van der Waals surface area contributed by atoms with Gasteiger partial charge in [-0.2, -0.15) is 0 Å². The van der Waals surface area contributed by atoms with Crippen LogP contribution in [-0.4, -0.2) is 11.7 Å². The lowest BCUT2D eigenvalue weighted by Gasteiger charge is -2.09. The first-order chi connectivity index (χ1) is 10.1. The van der Waals surface area contributed by atoms with Gasteiger partial charge in [-0.1, -0.05) is 11.6 Å². The fourth-order valence-electron chi connectivity index (χ4n) is 2.12. The molecule has 0 aliphatic heterocycles. The summed E-state index contributed by atoms with van der Waals surface area (Å²) in [5, 5.41) is 0.646. The van der Waals surface area contributed by atoms with Crippen molar-refractivity contribution in [3.63, 3.8) is 0 Å². The molecule has 21 heavy (non-hydrogen) atoms. The molecule has 3 rings (SSSR count). The Labute approximate surface area is 124 Å². The molecule has 0 atom stereocenters. The molecule has 0 spiro atoms. The molecule has 0 fully saturated rings. The third kappa shape index (κ3) is 2.32. The van der Waals surface area contributed by atoms with Gasteiger partial charge >= 0.3 is 11.4 Å². The van der Waals surface area contributed by atoms with Crippen molar-refractivity contribution in [2.75, 3.05) is 7.11 Å². The van der Waals surface area contributed by atoms with Gasteiger partial charge in [-0.05, 0) is 42.5 Å². The molecule has 0 saturated carbocycles. The SMILES string of the molecule is COc1ccc(-n2c(=O)oc(=O)c3cc(Cl)ccc32)cc1. The smallest absolute Gasteiger partial charge is 0.426 e. The molecule has 2 aromatic carbocycles. The summed E-state index contributed by atoms with van der Waals surface area (Å²) in [5.74, 6) is -0.0866. The molecule has 0 bridgehead atoms. The van der Waals surface area contributed by atoms with Crippen LogP contribution in [0.4, 0.5) is 0 Å². The first-order valence-corrected chi connectivity index (χ1v) is 6.48. The molecule has 0 unspecified atom stereocenters. The summed E-state index contributed by atoms with van der Waals surface area (Å²) in [5.41, 5.74) is 0.296. The van der Waals surface area contributed by atoms with Crippen molar-refractivity contribution >= 4 is 22.5 Å². The summed E-state index contributed by atoms with van der Waals surface area (Å²) in [6.07, 6.45) is 0. The Balaban J connectivity index is 2.35. The van der Waals surface area contributed by atoms with Crippen LogP contribution in [0.15, 0.2) is 56.5 Å². The molecule has 0 saturated heterocycles. The fourth-order valence-corrected chi connectivity index (χ4v) is 2.29. The first-order valence-electron chi connectivity index (χ1n) is 6.10. The lowest BCUT2D eigenvalue weighted by molar-refractivity contribution is 0.414. The maximum absolute atomic E-state index is 12.0. The summed E-state index contributed by atoms with van der Waals surface area (Å²) in [6.45, 7) is 0. The van der Waals surface area contributed by atoms with Crippen LogP contribution < -0.4 is 16.1 Å². The van der Waals surface area contributed by atoms with E-state index < -0.39 is 11.4 Å². The van der Waals surface area contributed by atoms with Gasteiger partial charge in [0.1, 0.15) is 5.75 Å². The predicted molar refractivity (Wildman–Crippen MR) is 79.6 cm³/mol. The summed E-state index contributed by atoms with van der Waals surface area (Å²) in [7, 11) is 1.56. The average Bonchev–Trinajstić information content (AvgIpc) is 2.48. The first kappa shape index (κ1) is 13.5. The van der Waals surface area contributed by atoms with E-state index in [0.717, 1.165) is 0 Å². The Morgan fingerprint density at radius 1 is 1.10 bits per heavy atom. The lowest BCUT2D eigenvalue weighted by Crippen LogP contribution is -2.23. The summed E-state index contributed by atoms with van der Waals surface area (Å²) >= 11 is 5.88. The number of nitrogens with zero attached hydrogens (tertiary/aromatic N) is 1.